The van der Waals surface area contributed by atoms with Gasteiger partial charge in [0.1, 0.15) is 11.5 Å². The molecule has 0 aliphatic rings. The van der Waals surface area contributed by atoms with Crippen LogP contribution < -0.4 is 20.3 Å². The van der Waals surface area contributed by atoms with Gasteiger partial charge in [0, 0.05) is 0 Å². The van der Waals surface area contributed by atoms with Gasteiger partial charge in [-0.3, -0.25) is 20.4 Å². The summed E-state index contributed by atoms with van der Waals surface area (Å²) in [5.74, 6) is 0.628. The molecule has 2 amide bonds. The standard InChI is InChI=1S/C20H24N2O4/c1-14-6-4-9-17(12-14)25-11-10-18(23)21-22-19(24)13-26-20-15(2)7-5-8-16(20)3/h4-9,12H,10-11,13H2,1-3H3,(H,21,23)(H,22,24). The minimum absolute atomic E-state index is 0.131. The number of amides is 2. The lowest BCUT2D eigenvalue weighted by atomic mass is 10.1. The van der Waals surface area contributed by atoms with Crippen LogP contribution in [0.2, 0.25) is 0 Å². The van der Waals surface area contributed by atoms with Crippen LogP contribution in [-0.2, 0) is 9.59 Å². The SMILES string of the molecule is Cc1cccc(OCCC(=O)NNC(=O)COc2c(C)cccc2C)c1. The van der Waals surface area contributed by atoms with E-state index < -0.39 is 5.91 Å². The van der Waals surface area contributed by atoms with Gasteiger partial charge in [0.15, 0.2) is 6.61 Å². The van der Waals surface area contributed by atoms with Crippen molar-refractivity contribution in [1.29, 1.82) is 0 Å². The van der Waals surface area contributed by atoms with Crippen LogP contribution >= 0.6 is 0 Å². The molecular weight excluding hydrogens is 332 g/mol. The van der Waals surface area contributed by atoms with Crippen molar-refractivity contribution in [3.63, 3.8) is 0 Å². The average molecular weight is 356 g/mol. The van der Waals surface area contributed by atoms with Crippen LogP contribution in [0.15, 0.2) is 42.5 Å². The summed E-state index contributed by atoms with van der Waals surface area (Å²) in [5.41, 5.74) is 7.67. The average Bonchev–Trinajstić information content (AvgIpc) is 2.59. The molecule has 2 aromatic carbocycles. The fourth-order valence-electron chi connectivity index (χ4n) is 2.37. The normalized spacial score (nSPS) is 10.1. The van der Waals surface area contributed by atoms with E-state index in [1.165, 1.54) is 0 Å². The Kier molecular flexibility index (Phi) is 7.02. The Morgan fingerprint density at radius 3 is 2.23 bits per heavy atom. The summed E-state index contributed by atoms with van der Waals surface area (Å²) < 4.78 is 11.0. The predicted molar refractivity (Wildman–Crippen MR) is 99.0 cm³/mol. The number of aryl methyl sites for hydroxylation is 3. The molecule has 0 bridgehead atoms. The van der Waals surface area contributed by atoms with Crippen LogP contribution in [0.4, 0.5) is 0 Å². The molecule has 0 aromatic heterocycles. The van der Waals surface area contributed by atoms with Crippen molar-refractivity contribution in [2.24, 2.45) is 0 Å². The summed E-state index contributed by atoms with van der Waals surface area (Å²) in [5, 5.41) is 0. The van der Waals surface area contributed by atoms with Gasteiger partial charge in [-0.15, -0.1) is 0 Å². The fourth-order valence-corrected chi connectivity index (χ4v) is 2.37. The molecule has 0 fully saturated rings. The van der Waals surface area contributed by atoms with Crippen LogP contribution in [0, 0.1) is 20.8 Å². The van der Waals surface area contributed by atoms with Crippen LogP contribution in [0.5, 0.6) is 11.5 Å². The van der Waals surface area contributed by atoms with Crippen LogP contribution in [-0.4, -0.2) is 25.0 Å². The topological polar surface area (TPSA) is 76.7 Å². The third-order valence-electron chi connectivity index (χ3n) is 3.69. The van der Waals surface area contributed by atoms with Crippen molar-refractivity contribution in [1.82, 2.24) is 10.9 Å². The molecule has 0 saturated heterocycles. The third kappa shape index (κ3) is 6.12. The Morgan fingerprint density at radius 1 is 0.885 bits per heavy atom. The van der Waals surface area contributed by atoms with E-state index in [4.69, 9.17) is 9.47 Å². The molecule has 0 atom stereocenters. The number of rotatable bonds is 7. The molecule has 2 aromatic rings. The Labute approximate surface area is 153 Å². The summed E-state index contributed by atoms with van der Waals surface area (Å²) in [4.78, 5) is 23.5. The molecule has 0 saturated carbocycles. The lowest BCUT2D eigenvalue weighted by Gasteiger charge is -2.12. The van der Waals surface area contributed by atoms with E-state index in [0.717, 1.165) is 16.7 Å². The molecule has 0 heterocycles. The first-order chi connectivity index (χ1) is 12.5. The second-order valence-corrected chi connectivity index (χ2v) is 6.02. The Balaban J connectivity index is 1.66. The summed E-state index contributed by atoms with van der Waals surface area (Å²) in [6, 6.07) is 13.3. The second kappa shape index (κ2) is 9.46. The van der Waals surface area contributed by atoms with Gasteiger partial charge in [0.05, 0.1) is 13.0 Å². The number of nitrogens with one attached hydrogen (secondary N) is 2. The van der Waals surface area contributed by atoms with E-state index in [1.807, 2.05) is 63.2 Å². The van der Waals surface area contributed by atoms with Gasteiger partial charge in [0.25, 0.3) is 5.91 Å². The fraction of sp³-hybridized carbons (Fsp3) is 0.300. The first kappa shape index (κ1) is 19.3. The lowest BCUT2D eigenvalue weighted by molar-refractivity contribution is -0.130. The van der Waals surface area contributed by atoms with Crippen molar-refractivity contribution >= 4 is 11.8 Å². The van der Waals surface area contributed by atoms with E-state index in [9.17, 15) is 9.59 Å². The van der Waals surface area contributed by atoms with Gasteiger partial charge >= 0.3 is 0 Å². The number of hydrazine groups is 1. The Bertz CT molecular complexity index is 754. The summed E-state index contributed by atoms with van der Waals surface area (Å²) >= 11 is 0. The highest BCUT2D eigenvalue weighted by Crippen LogP contribution is 2.21. The monoisotopic (exact) mass is 356 g/mol. The minimum Gasteiger partial charge on any atom is -0.493 e. The second-order valence-electron chi connectivity index (χ2n) is 6.02. The number of ether oxygens (including phenoxy) is 2. The van der Waals surface area contributed by atoms with E-state index in [0.29, 0.717) is 11.5 Å². The van der Waals surface area contributed by atoms with Crippen LogP contribution in [0.3, 0.4) is 0 Å². The van der Waals surface area contributed by atoms with Gasteiger partial charge < -0.3 is 9.47 Å². The maximum Gasteiger partial charge on any atom is 0.276 e. The highest BCUT2D eigenvalue weighted by atomic mass is 16.5. The summed E-state index contributed by atoms with van der Waals surface area (Å²) in [7, 11) is 0. The molecule has 26 heavy (non-hydrogen) atoms. The third-order valence-corrected chi connectivity index (χ3v) is 3.69. The molecule has 2 N–H and O–H groups in total. The van der Waals surface area contributed by atoms with Crippen LogP contribution in [0.1, 0.15) is 23.1 Å². The first-order valence-corrected chi connectivity index (χ1v) is 8.42. The van der Waals surface area contributed by atoms with Gasteiger partial charge in [-0.1, -0.05) is 30.3 Å². The minimum atomic E-state index is -0.430. The molecule has 0 aliphatic carbocycles. The van der Waals surface area contributed by atoms with E-state index in [1.54, 1.807) is 0 Å². The van der Waals surface area contributed by atoms with Crippen molar-refractivity contribution < 1.29 is 19.1 Å². The molecule has 2 rings (SSSR count). The van der Waals surface area contributed by atoms with E-state index >= 15 is 0 Å². The number of hydrogen-bond donors (Lipinski definition) is 2. The molecule has 138 valence electrons. The van der Waals surface area contributed by atoms with Gasteiger partial charge in [0.2, 0.25) is 5.91 Å². The largest absolute Gasteiger partial charge is 0.493 e. The number of benzene rings is 2. The van der Waals surface area contributed by atoms with Crippen molar-refractivity contribution in [3.8, 4) is 11.5 Å². The summed E-state index contributed by atoms with van der Waals surface area (Å²) in [6.45, 7) is 5.85. The Morgan fingerprint density at radius 2 is 1.54 bits per heavy atom. The molecule has 6 heteroatoms. The summed E-state index contributed by atoms with van der Waals surface area (Å²) in [6.07, 6.45) is 0.131. The van der Waals surface area contributed by atoms with Gasteiger partial charge in [-0.25, -0.2) is 0 Å². The zero-order chi connectivity index (χ0) is 18.9. The maximum absolute atomic E-state index is 11.8. The first-order valence-electron chi connectivity index (χ1n) is 8.42. The number of para-hydroxylation sites is 1. The molecular formula is C20H24N2O4. The van der Waals surface area contributed by atoms with Crippen LogP contribution in [0.25, 0.3) is 0 Å². The van der Waals surface area contributed by atoms with E-state index in [-0.39, 0.29) is 25.5 Å². The lowest BCUT2D eigenvalue weighted by Crippen LogP contribution is -2.44. The molecule has 0 spiro atoms. The number of carbonyl (C=O) groups is 2. The van der Waals surface area contributed by atoms with Crippen molar-refractivity contribution in [3.05, 3.63) is 59.2 Å². The highest BCUT2D eigenvalue weighted by molar-refractivity contribution is 5.82. The number of carbonyl (C=O) groups excluding carboxylic acids is 2. The predicted octanol–water partition coefficient (Wildman–Crippen LogP) is 2.61. The molecule has 0 unspecified atom stereocenters. The molecule has 6 nitrogen and oxygen atoms in total. The number of hydrogen-bond acceptors (Lipinski definition) is 4. The quantitative estimate of drug-likeness (QED) is 0.748. The maximum atomic E-state index is 11.8. The zero-order valence-electron chi connectivity index (χ0n) is 15.3. The highest BCUT2D eigenvalue weighted by Gasteiger charge is 2.08. The van der Waals surface area contributed by atoms with Gasteiger partial charge in [-0.2, -0.15) is 0 Å². The van der Waals surface area contributed by atoms with E-state index in [2.05, 4.69) is 10.9 Å². The van der Waals surface area contributed by atoms with Gasteiger partial charge in [-0.05, 0) is 49.6 Å². The zero-order valence-corrected chi connectivity index (χ0v) is 15.3. The van der Waals surface area contributed by atoms with Crippen molar-refractivity contribution in [2.45, 2.75) is 27.2 Å². The molecule has 0 radical (unpaired) electrons. The Hall–Kier alpha value is -3.02. The van der Waals surface area contributed by atoms with Crippen molar-refractivity contribution in [2.75, 3.05) is 13.2 Å². The molecule has 0 aliphatic heterocycles. The smallest absolute Gasteiger partial charge is 0.276 e.